The molecule has 1 atom stereocenters. The summed E-state index contributed by atoms with van der Waals surface area (Å²) in [6.45, 7) is 3.43. The average molecular weight is 249 g/mol. The summed E-state index contributed by atoms with van der Waals surface area (Å²) in [5.74, 6) is 0.651. The van der Waals surface area contributed by atoms with Crippen LogP contribution in [0.1, 0.15) is 0 Å². The first-order valence-corrected chi connectivity index (χ1v) is 5.88. The molecule has 2 heterocycles. The van der Waals surface area contributed by atoms with E-state index in [1.165, 1.54) is 0 Å². The van der Waals surface area contributed by atoms with Gasteiger partial charge in [-0.25, -0.2) is 0 Å². The van der Waals surface area contributed by atoms with Crippen molar-refractivity contribution in [3.05, 3.63) is 5.15 Å². The fourth-order valence-corrected chi connectivity index (χ4v) is 2.17. The minimum Gasteiger partial charge on any atom is -0.374 e. The first kappa shape index (κ1) is 11.1. The predicted octanol–water partition coefficient (Wildman–Crippen LogP) is 0.934. The van der Waals surface area contributed by atoms with E-state index in [-0.39, 0.29) is 6.10 Å². The molecule has 0 bridgehead atoms. The van der Waals surface area contributed by atoms with Crippen LogP contribution in [0.25, 0.3) is 0 Å². The van der Waals surface area contributed by atoms with Gasteiger partial charge in [0.25, 0.3) is 0 Å². The van der Waals surface area contributed by atoms with E-state index < -0.39 is 0 Å². The molecule has 0 aliphatic carbocycles. The molecule has 1 aliphatic rings. The van der Waals surface area contributed by atoms with Gasteiger partial charge in [-0.3, -0.25) is 0 Å². The standard InChI is InChI=1S/C8H13ClN4OS/c1-13-2-3-14-6(5-13)4-10-8-7(9)11-15-12-8/h6H,2-5H2,1H3,(H,10,12). The minimum absolute atomic E-state index is 0.196. The maximum Gasteiger partial charge on any atom is 0.186 e. The lowest BCUT2D eigenvalue weighted by molar-refractivity contribution is -0.0117. The van der Waals surface area contributed by atoms with Crippen LogP contribution in [-0.4, -0.2) is 53.0 Å². The Hall–Kier alpha value is -0.430. The molecule has 0 saturated carbocycles. The Morgan fingerprint density at radius 1 is 1.67 bits per heavy atom. The molecule has 0 spiro atoms. The summed E-state index contributed by atoms with van der Waals surface area (Å²) in [6.07, 6.45) is 0.196. The van der Waals surface area contributed by atoms with E-state index in [0.717, 1.165) is 38.0 Å². The number of nitrogens with one attached hydrogen (secondary N) is 1. The summed E-state index contributed by atoms with van der Waals surface area (Å²) in [4.78, 5) is 2.25. The van der Waals surface area contributed by atoms with E-state index >= 15 is 0 Å². The van der Waals surface area contributed by atoms with Gasteiger partial charge in [-0.2, -0.15) is 8.75 Å². The lowest BCUT2D eigenvalue weighted by Gasteiger charge is -2.30. The molecule has 84 valence electrons. The number of ether oxygens (including phenoxy) is 1. The van der Waals surface area contributed by atoms with Gasteiger partial charge in [0.2, 0.25) is 0 Å². The van der Waals surface area contributed by atoms with Gasteiger partial charge in [0.1, 0.15) is 0 Å². The smallest absolute Gasteiger partial charge is 0.186 e. The zero-order chi connectivity index (χ0) is 10.7. The van der Waals surface area contributed by atoms with Crippen molar-refractivity contribution in [3.63, 3.8) is 0 Å². The van der Waals surface area contributed by atoms with Crippen LogP contribution < -0.4 is 5.32 Å². The van der Waals surface area contributed by atoms with Gasteiger partial charge in [-0.15, -0.1) is 0 Å². The summed E-state index contributed by atoms with van der Waals surface area (Å²) < 4.78 is 13.5. The number of nitrogens with zero attached hydrogens (tertiary/aromatic N) is 3. The SMILES string of the molecule is CN1CCOC(CNc2nsnc2Cl)C1. The maximum atomic E-state index is 5.81. The third-order valence-electron chi connectivity index (χ3n) is 2.29. The number of anilines is 1. The van der Waals surface area contributed by atoms with Gasteiger partial charge in [0.05, 0.1) is 24.4 Å². The third kappa shape index (κ3) is 3.01. The molecule has 1 fully saturated rings. The van der Waals surface area contributed by atoms with E-state index in [2.05, 4.69) is 26.0 Å². The third-order valence-corrected chi connectivity index (χ3v) is 3.18. The van der Waals surface area contributed by atoms with Crippen molar-refractivity contribution >= 4 is 29.1 Å². The second-order valence-electron chi connectivity index (χ2n) is 3.54. The monoisotopic (exact) mass is 248 g/mol. The summed E-state index contributed by atoms with van der Waals surface area (Å²) in [5, 5.41) is 3.57. The number of hydrogen-bond acceptors (Lipinski definition) is 6. The van der Waals surface area contributed by atoms with Crippen LogP contribution in [0.4, 0.5) is 5.82 Å². The highest BCUT2D eigenvalue weighted by molar-refractivity contribution is 6.99. The lowest BCUT2D eigenvalue weighted by atomic mass is 10.3. The highest BCUT2D eigenvalue weighted by atomic mass is 35.5. The van der Waals surface area contributed by atoms with E-state index in [1.54, 1.807) is 0 Å². The number of rotatable bonds is 3. The van der Waals surface area contributed by atoms with E-state index in [4.69, 9.17) is 16.3 Å². The second kappa shape index (κ2) is 5.07. The largest absolute Gasteiger partial charge is 0.374 e. The minimum atomic E-state index is 0.196. The Labute approximate surface area is 97.7 Å². The fourth-order valence-electron chi connectivity index (χ4n) is 1.48. The molecule has 7 heteroatoms. The summed E-state index contributed by atoms with van der Waals surface area (Å²) in [6, 6.07) is 0. The molecule has 5 nitrogen and oxygen atoms in total. The van der Waals surface area contributed by atoms with Gasteiger partial charge in [-0.05, 0) is 7.05 Å². The highest BCUT2D eigenvalue weighted by Gasteiger charge is 2.18. The van der Waals surface area contributed by atoms with Gasteiger partial charge in [0.15, 0.2) is 11.0 Å². The van der Waals surface area contributed by atoms with Crippen LogP contribution >= 0.6 is 23.3 Å². The van der Waals surface area contributed by atoms with Crippen molar-refractivity contribution in [2.75, 3.05) is 38.6 Å². The van der Waals surface area contributed by atoms with Crippen molar-refractivity contribution in [1.82, 2.24) is 13.6 Å². The molecule has 1 aliphatic heterocycles. The van der Waals surface area contributed by atoms with Gasteiger partial charge in [-0.1, -0.05) is 11.6 Å². The van der Waals surface area contributed by atoms with Crippen molar-refractivity contribution in [2.45, 2.75) is 6.10 Å². The average Bonchev–Trinajstić information content (AvgIpc) is 2.61. The first-order chi connectivity index (χ1) is 7.25. The Balaban J connectivity index is 1.80. The molecular weight excluding hydrogens is 236 g/mol. The first-order valence-electron chi connectivity index (χ1n) is 4.78. The maximum absolute atomic E-state index is 5.81. The Kier molecular flexibility index (Phi) is 3.74. The summed E-state index contributed by atoms with van der Waals surface area (Å²) in [7, 11) is 2.09. The Bertz CT molecular complexity index is 321. The number of likely N-dealkylation sites (N-methyl/N-ethyl adjacent to an activating group) is 1. The number of halogens is 1. The molecule has 2 rings (SSSR count). The van der Waals surface area contributed by atoms with Gasteiger partial charge >= 0.3 is 0 Å². The van der Waals surface area contributed by atoms with Crippen molar-refractivity contribution < 1.29 is 4.74 Å². The summed E-state index contributed by atoms with van der Waals surface area (Å²) >= 11 is 6.92. The van der Waals surface area contributed by atoms with Gasteiger partial charge < -0.3 is 15.0 Å². The molecule has 1 unspecified atom stereocenters. The molecule has 1 aromatic rings. The zero-order valence-corrected chi connectivity index (χ0v) is 10.0. The topological polar surface area (TPSA) is 50.3 Å². The lowest BCUT2D eigenvalue weighted by Crippen LogP contribution is -2.43. The van der Waals surface area contributed by atoms with E-state index in [9.17, 15) is 0 Å². The van der Waals surface area contributed by atoms with Crippen molar-refractivity contribution in [2.24, 2.45) is 0 Å². The Morgan fingerprint density at radius 2 is 2.53 bits per heavy atom. The number of morpholine rings is 1. The Morgan fingerprint density at radius 3 is 3.20 bits per heavy atom. The van der Waals surface area contributed by atoms with Crippen LogP contribution in [0.2, 0.25) is 5.15 Å². The van der Waals surface area contributed by atoms with Crippen molar-refractivity contribution in [1.29, 1.82) is 0 Å². The van der Waals surface area contributed by atoms with Crippen molar-refractivity contribution in [3.8, 4) is 0 Å². The summed E-state index contributed by atoms with van der Waals surface area (Å²) in [5.41, 5.74) is 0. The molecule has 1 aromatic heterocycles. The van der Waals surface area contributed by atoms with Crippen LogP contribution in [-0.2, 0) is 4.74 Å². The second-order valence-corrected chi connectivity index (χ2v) is 4.43. The molecular formula is C8H13ClN4OS. The fraction of sp³-hybridized carbons (Fsp3) is 0.750. The highest BCUT2D eigenvalue weighted by Crippen LogP contribution is 2.17. The molecule has 0 aromatic carbocycles. The molecule has 1 N–H and O–H groups in total. The number of aromatic nitrogens is 2. The van der Waals surface area contributed by atoms with Crippen LogP contribution in [0, 0.1) is 0 Å². The molecule has 1 saturated heterocycles. The molecule has 0 radical (unpaired) electrons. The van der Waals surface area contributed by atoms with E-state index in [1.807, 2.05) is 0 Å². The molecule has 15 heavy (non-hydrogen) atoms. The number of hydrogen-bond donors (Lipinski definition) is 1. The predicted molar refractivity (Wildman–Crippen MR) is 60.6 cm³/mol. The van der Waals surface area contributed by atoms with Crippen LogP contribution in [0.5, 0.6) is 0 Å². The van der Waals surface area contributed by atoms with Gasteiger partial charge in [0, 0.05) is 19.6 Å². The molecule has 0 amide bonds. The quantitative estimate of drug-likeness (QED) is 0.863. The normalized spacial score (nSPS) is 22.9. The zero-order valence-electron chi connectivity index (χ0n) is 8.44. The van der Waals surface area contributed by atoms with Crippen LogP contribution in [0.3, 0.4) is 0 Å². The van der Waals surface area contributed by atoms with E-state index in [0.29, 0.717) is 11.0 Å². The van der Waals surface area contributed by atoms with Crippen LogP contribution in [0.15, 0.2) is 0 Å².